The van der Waals surface area contributed by atoms with Crippen LogP contribution in [0.15, 0.2) is 36.9 Å². The maximum absolute atomic E-state index is 12.0. The van der Waals surface area contributed by atoms with Gasteiger partial charge in [-0.3, -0.25) is 0 Å². The fraction of sp³-hybridized carbons (Fsp3) is 0.412. The summed E-state index contributed by atoms with van der Waals surface area (Å²) in [6, 6.07) is 4.91. The molecule has 7 nitrogen and oxygen atoms in total. The second-order valence-electron chi connectivity index (χ2n) is 5.20. The van der Waals surface area contributed by atoms with Crippen LogP contribution >= 0.6 is 11.6 Å². The van der Waals surface area contributed by atoms with Crippen LogP contribution in [0.5, 0.6) is 5.75 Å². The number of amides is 2. The number of nitrogens with zero attached hydrogens (tertiary/aromatic N) is 2. The highest BCUT2D eigenvalue weighted by atomic mass is 35.5. The van der Waals surface area contributed by atoms with E-state index in [1.54, 1.807) is 30.7 Å². The van der Waals surface area contributed by atoms with Gasteiger partial charge in [0.2, 0.25) is 0 Å². The molecule has 1 aromatic carbocycles. The average molecular weight is 367 g/mol. The Labute approximate surface area is 152 Å². The molecular formula is C17H23ClN4O3. The van der Waals surface area contributed by atoms with Gasteiger partial charge >= 0.3 is 6.03 Å². The van der Waals surface area contributed by atoms with Gasteiger partial charge in [-0.2, -0.15) is 0 Å². The van der Waals surface area contributed by atoms with Crippen molar-refractivity contribution in [1.29, 1.82) is 0 Å². The first kappa shape index (κ1) is 19.1. The maximum Gasteiger partial charge on any atom is 0.319 e. The fourth-order valence-corrected chi connectivity index (χ4v) is 2.38. The van der Waals surface area contributed by atoms with E-state index < -0.39 is 0 Å². The number of rotatable bonds is 10. The highest BCUT2D eigenvalue weighted by Crippen LogP contribution is 2.32. The van der Waals surface area contributed by atoms with E-state index in [0.29, 0.717) is 42.8 Å². The van der Waals surface area contributed by atoms with Gasteiger partial charge in [-0.25, -0.2) is 9.78 Å². The first-order valence-electron chi connectivity index (χ1n) is 8.20. The van der Waals surface area contributed by atoms with Crippen LogP contribution in [0.1, 0.15) is 13.3 Å². The largest absolute Gasteiger partial charge is 0.487 e. The van der Waals surface area contributed by atoms with Crippen molar-refractivity contribution in [1.82, 2.24) is 14.9 Å². The van der Waals surface area contributed by atoms with Gasteiger partial charge < -0.3 is 24.7 Å². The Morgan fingerprint density at radius 3 is 3.00 bits per heavy atom. The van der Waals surface area contributed by atoms with Crippen molar-refractivity contribution in [3.63, 3.8) is 0 Å². The van der Waals surface area contributed by atoms with Gasteiger partial charge in [0, 0.05) is 32.1 Å². The molecule has 0 atom stereocenters. The summed E-state index contributed by atoms with van der Waals surface area (Å²) in [5.74, 6) is 0.442. The molecule has 2 aromatic rings. The minimum absolute atomic E-state index is 0.303. The molecule has 25 heavy (non-hydrogen) atoms. The van der Waals surface area contributed by atoms with Crippen LogP contribution in [0.2, 0.25) is 5.02 Å². The minimum Gasteiger partial charge on any atom is -0.487 e. The first-order chi connectivity index (χ1) is 12.2. The first-order valence-corrected chi connectivity index (χ1v) is 8.58. The zero-order valence-corrected chi connectivity index (χ0v) is 15.0. The average Bonchev–Trinajstić information content (AvgIpc) is 3.11. The maximum atomic E-state index is 12.0. The number of ether oxygens (including phenoxy) is 2. The quantitative estimate of drug-likeness (QED) is 0.633. The summed E-state index contributed by atoms with van der Waals surface area (Å²) < 4.78 is 12.8. The van der Waals surface area contributed by atoms with Gasteiger partial charge in [-0.1, -0.05) is 17.7 Å². The molecular weight excluding hydrogens is 344 g/mol. The van der Waals surface area contributed by atoms with Crippen LogP contribution in [0.25, 0.3) is 0 Å². The molecule has 1 aromatic heterocycles. The van der Waals surface area contributed by atoms with E-state index in [0.717, 1.165) is 13.0 Å². The lowest BCUT2D eigenvalue weighted by Crippen LogP contribution is -2.30. The molecule has 0 fully saturated rings. The predicted octanol–water partition coefficient (Wildman–Crippen LogP) is 3.16. The van der Waals surface area contributed by atoms with Crippen molar-refractivity contribution < 1.29 is 14.3 Å². The number of benzene rings is 1. The highest BCUT2D eigenvalue weighted by molar-refractivity contribution is 6.32. The van der Waals surface area contributed by atoms with Gasteiger partial charge in [-0.15, -0.1) is 0 Å². The molecule has 2 N–H and O–H groups in total. The number of hydrogen-bond acceptors (Lipinski definition) is 4. The van der Waals surface area contributed by atoms with E-state index in [1.807, 2.05) is 17.7 Å². The topological polar surface area (TPSA) is 77.4 Å². The van der Waals surface area contributed by atoms with Crippen LogP contribution in [-0.4, -0.2) is 41.9 Å². The van der Waals surface area contributed by atoms with E-state index in [4.69, 9.17) is 21.1 Å². The molecule has 0 bridgehead atoms. The van der Waals surface area contributed by atoms with Gasteiger partial charge in [0.1, 0.15) is 6.61 Å². The monoisotopic (exact) mass is 366 g/mol. The Balaban J connectivity index is 1.79. The molecule has 0 aliphatic rings. The summed E-state index contributed by atoms with van der Waals surface area (Å²) in [7, 11) is 0. The number of imidazole rings is 1. The Morgan fingerprint density at radius 2 is 2.24 bits per heavy atom. The van der Waals surface area contributed by atoms with Crippen LogP contribution in [0.3, 0.4) is 0 Å². The Bertz CT molecular complexity index is 649. The number of carbonyl (C=O) groups excluding carboxylic acids is 1. The molecule has 0 aliphatic heterocycles. The number of carbonyl (C=O) groups is 1. The number of aryl methyl sites for hydroxylation is 1. The molecule has 8 heteroatoms. The van der Waals surface area contributed by atoms with Crippen molar-refractivity contribution in [3.8, 4) is 5.75 Å². The zero-order chi connectivity index (χ0) is 17.9. The van der Waals surface area contributed by atoms with Crippen molar-refractivity contribution >= 4 is 23.3 Å². The van der Waals surface area contributed by atoms with E-state index in [9.17, 15) is 4.79 Å². The third kappa shape index (κ3) is 6.64. The van der Waals surface area contributed by atoms with Gasteiger partial charge in [0.15, 0.2) is 5.75 Å². The molecule has 0 saturated carbocycles. The summed E-state index contributed by atoms with van der Waals surface area (Å²) in [4.78, 5) is 16.0. The van der Waals surface area contributed by atoms with E-state index in [2.05, 4.69) is 15.6 Å². The molecule has 2 rings (SSSR count). The summed E-state index contributed by atoms with van der Waals surface area (Å²) in [6.07, 6.45) is 6.17. The third-order valence-corrected chi connectivity index (χ3v) is 3.63. The third-order valence-electron chi connectivity index (χ3n) is 3.33. The smallest absolute Gasteiger partial charge is 0.319 e. The molecule has 0 radical (unpaired) electrons. The number of hydrogen-bond donors (Lipinski definition) is 2. The van der Waals surface area contributed by atoms with Crippen molar-refractivity contribution in [2.24, 2.45) is 0 Å². The lowest BCUT2D eigenvalue weighted by molar-refractivity contribution is 0.110. The van der Waals surface area contributed by atoms with E-state index >= 15 is 0 Å². The molecule has 0 spiro atoms. The number of para-hydroxylation sites is 1. The van der Waals surface area contributed by atoms with Crippen molar-refractivity contribution in [2.45, 2.75) is 19.9 Å². The Morgan fingerprint density at radius 1 is 1.36 bits per heavy atom. The van der Waals surface area contributed by atoms with Crippen LogP contribution in [0, 0.1) is 0 Å². The number of aromatic nitrogens is 2. The number of nitrogens with one attached hydrogen (secondary N) is 2. The molecule has 0 saturated heterocycles. The van der Waals surface area contributed by atoms with Gasteiger partial charge in [0.05, 0.1) is 23.6 Å². The normalized spacial score (nSPS) is 10.5. The molecule has 2 amide bonds. The summed E-state index contributed by atoms with van der Waals surface area (Å²) in [5, 5.41) is 6.02. The number of halogens is 1. The Kier molecular flexibility index (Phi) is 8.08. The molecule has 136 valence electrons. The van der Waals surface area contributed by atoms with Crippen molar-refractivity contribution in [3.05, 3.63) is 41.9 Å². The van der Waals surface area contributed by atoms with E-state index in [-0.39, 0.29) is 6.03 Å². The van der Waals surface area contributed by atoms with E-state index in [1.165, 1.54) is 0 Å². The van der Waals surface area contributed by atoms with Crippen LogP contribution in [0.4, 0.5) is 10.5 Å². The standard InChI is InChI=1S/C17H23ClN4O3/c1-2-24-11-12-25-16-14(18)5-3-6-15(16)21-17(23)20-7-4-9-22-10-8-19-13-22/h3,5-6,8,10,13H,2,4,7,9,11-12H2,1H3,(H2,20,21,23). The zero-order valence-electron chi connectivity index (χ0n) is 14.2. The second kappa shape index (κ2) is 10.6. The van der Waals surface area contributed by atoms with Crippen LogP contribution < -0.4 is 15.4 Å². The second-order valence-corrected chi connectivity index (χ2v) is 5.60. The van der Waals surface area contributed by atoms with Crippen LogP contribution in [-0.2, 0) is 11.3 Å². The highest BCUT2D eigenvalue weighted by Gasteiger charge is 2.11. The molecule has 0 aliphatic carbocycles. The molecule has 0 unspecified atom stereocenters. The number of urea groups is 1. The predicted molar refractivity (Wildman–Crippen MR) is 97.3 cm³/mol. The number of anilines is 1. The Hall–Kier alpha value is -2.25. The lowest BCUT2D eigenvalue weighted by atomic mass is 10.3. The lowest BCUT2D eigenvalue weighted by Gasteiger charge is -2.14. The fourth-order valence-electron chi connectivity index (χ4n) is 2.15. The summed E-state index contributed by atoms with van der Waals surface area (Å²) in [6.45, 7) is 4.70. The van der Waals surface area contributed by atoms with Gasteiger partial charge in [-0.05, 0) is 25.5 Å². The summed E-state index contributed by atoms with van der Waals surface area (Å²) >= 11 is 6.16. The SMILES string of the molecule is CCOCCOc1c(Cl)cccc1NC(=O)NCCCn1ccnc1. The summed E-state index contributed by atoms with van der Waals surface area (Å²) in [5.41, 5.74) is 0.524. The minimum atomic E-state index is -0.303. The van der Waals surface area contributed by atoms with Gasteiger partial charge in [0.25, 0.3) is 0 Å². The molecule has 1 heterocycles. The van der Waals surface area contributed by atoms with Crippen molar-refractivity contribution in [2.75, 3.05) is 31.7 Å².